The van der Waals surface area contributed by atoms with Crippen LogP contribution in [0.2, 0.25) is 0 Å². The third-order valence-corrected chi connectivity index (χ3v) is 3.53. The second-order valence-corrected chi connectivity index (χ2v) is 5.23. The fraction of sp³-hybridized carbons (Fsp3) is 0.167. The van der Waals surface area contributed by atoms with Crippen molar-refractivity contribution in [1.29, 1.82) is 0 Å². The standard InChI is InChI=1S/C18H17N3O3/c1-12(22)14-4-3-5-15(10-14)19-11-17-20-18(21-24-17)13-6-8-16(23-2)9-7-13/h3-10,19H,11H2,1-2H3. The fourth-order valence-corrected chi connectivity index (χ4v) is 2.21. The molecule has 6 nitrogen and oxygen atoms in total. The number of carbonyl (C=O) groups is 1. The summed E-state index contributed by atoms with van der Waals surface area (Å²) < 4.78 is 10.4. The Hall–Kier alpha value is -3.15. The Kier molecular flexibility index (Phi) is 4.56. The molecule has 0 fully saturated rings. The van der Waals surface area contributed by atoms with Gasteiger partial charge in [0.1, 0.15) is 5.75 Å². The summed E-state index contributed by atoms with van der Waals surface area (Å²) in [6.45, 7) is 1.92. The Morgan fingerprint density at radius 1 is 1.21 bits per heavy atom. The van der Waals surface area contributed by atoms with E-state index in [1.54, 1.807) is 19.2 Å². The predicted molar refractivity (Wildman–Crippen MR) is 90.1 cm³/mol. The van der Waals surface area contributed by atoms with Crippen molar-refractivity contribution in [2.45, 2.75) is 13.5 Å². The van der Waals surface area contributed by atoms with Gasteiger partial charge in [0.2, 0.25) is 11.7 Å². The highest BCUT2D eigenvalue weighted by atomic mass is 16.5. The average Bonchev–Trinajstić information content (AvgIpc) is 3.09. The molecule has 1 aromatic heterocycles. The van der Waals surface area contributed by atoms with Crippen LogP contribution < -0.4 is 10.1 Å². The minimum atomic E-state index is 0.0261. The van der Waals surface area contributed by atoms with Crippen molar-refractivity contribution in [1.82, 2.24) is 10.1 Å². The summed E-state index contributed by atoms with van der Waals surface area (Å²) in [4.78, 5) is 15.8. The number of nitrogens with zero attached hydrogens (tertiary/aromatic N) is 2. The summed E-state index contributed by atoms with van der Waals surface area (Å²) in [7, 11) is 1.62. The van der Waals surface area contributed by atoms with Gasteiger partial charge >= 0.3 is 0 Å². The number of anilines is 1. The number of ketones is 1. The van der Waals surface area contributed by atoms with E-state index in [0.717, 1.165) is 17.0 Å². The third kappa shape index (κ3) is 3.60. The van der Waals surface area contributed by atoms with Gasteiger partial charge < -0.3 is 14.6 Å². The molecular formula is C18H17N3O3. The van der Waals surface area contributed by atoms with E-state index >= 15 is 0 Å². The van der Waals surface area contributed by atoms with Crippen LogP contribution in [0.1, 0.15) is 23.2 Å². The van der Waals surface area contributed by atoms with E-state index in [-0.39, 0.29) is 5.78 Å². The predicted octanol–water partition coefficient (Wildman–Crippen LogP) is 3.56. The lowest BCUT2D eigenvalue weighted by atomic mass is 10.1. The number of methoxy groups -OCH3 is 1. The van der Waals surface area contributed by atoms with Crippen molar-refractivity contribution in [2.24, 2.45) is 0 Å². The molecule has 3 rings (SSSR count). The zero-order valence-corrected chi connectivity index (χ0v) is 13.4. The second-order valence-electron chi connectivity index (χ2n) is 5.23. The van der Waals surface area contributed by atoms with E-state index in [9.17, 15) is 4.79 Å². The molecule has 0 bridgehead atoms. The Bertz CT molecular complexity index is 841. The number of hydrogen-bond donors (Lipinski definition) is 1. The van der Waals surface area contributed by atoms with Gasteiger partial charge in [-0.05, 0) is 43.3 Å². The Labute approximate surface area is 139 Å². The molecule has 1 N–H and O–H groups in total. The van der Waals surface area contributed by atoms with E-state index in [1.165, 1.54) is 6.92 Å². The molecule has 24 heavy (non-hydrogen) atoms. The fourth-order valence-electron chi connectivity index (χ4n) is 2.21. The Balaban J connectivity index is 1.67. The smallest absolute Gasteiger partial charge is 0.246 e. The summed E-state index contributed by atoms with van der Waals surface area (Å²) in [6, 6.07) is 14.7. The molecule has 0 amide bonds. The molecule has 0 aliphatic heterocycles. The number of benzene rings is 2. The summed E-state index contributed by atoms with van der Waals surface area (Å²) in [5.41, 5.74) is 2.33. The first-order valence-electron chi connectivity index (χ1n) is 7.47. The van der Waals surface area contributed by atoms with Crippen LogP contribution in [-0.4, -0.2) is 23.0 Å². The van der Waals surface area contributed by atoms with Crippen LogP contribution >= 0.6 is 0 Å². The minimum Gasteiger partial charge on any atom is -0.497 e. The van der Waals surface area contributed by atoms with Crippen LogP contribution in [0.15, 0.2) is 53.1 Å². The highest BCUT2D eigenvalue weighted by Crippen LogP contribution is 2.20. The lowest BCUT2D eigenvalue weighted by Gasteiger charge is -2.04. The van der Waals surface area contributed by atoms with Crippen LogP contribution in [0.25, 0.3) is 11.4 Å². The van der Waals surface area contributed by atoms with Crippen molar-refractivity contribution in [3.8, 4) is 17.1 Å². The summed E-state index contributed by atoms with van der Waals surface area (Å²) in [6.07, 6.45) is 0. The number of Topliss-reactive ketones (excluding diaryl/α,β-unsaturated/α-hetero) is 1. The van der Waals surface area contributed by atoms with Gasteiger partial charge in [0.25, 0.3) is 0 Å². The molecule has 6 heteroatoms. The molecule has 0 saturated heterocycles. The van der Waals surface area contributed by atoms with Gasteiger partial charge in [-0.15, -0.1) is 0 Å². The molecule has 1 heterocycles. The van der Waals surface area contributed by atoms with E-state index in [0.29, 0.717) is 23.8 Å². The van der Waals surface area contributed by atoms with Crippen LogP contribution in [0, 0.1) is 0 Å². The molecule has 122 valence electrons. The molecule has 0 saturated carbocycles. The highest BCUT2D eigenvalue weighted by Gasteiger charge is 2.09. The van der Waals surface area contributed by atoms with Gasteiger partial charge in [-0.2, -0.15) is 4.98 Å². The largest absolute Gasteiger partial charge is 0.497 e. The third-order valence-electron chi connectivity index (χ3n) is 3.53. The number of nitrogens with one attached hydrogen (secondary N) is 1. The lowest BCUT2D eigenvalue weighted by Crippen LogP contribution is -2.01. The van der Waals surface area contributed by atoms with Crippen LogP contribution in [0.4, 0.5) is 5.69 Å². The number of carbonyl (C=O) groups excluding carboxylic acids is 1. The number of hydrogen-bond acceptors (Lipinski definition) is 6. The van der Waals surface area contributed by atoms with E-state index in [2.05, 4.69) is 15.5 Å². The van der Waals surface area contributed by atoms with Crippen molar-refractivity contribution in [3.63, 3.8) is 0 Å². The Morgan fingerprint density at radius 3 is 2.71 bits per heavy atom. The molecule has 0 radical (unpaired) electrons. The molecular weight excluding hydrogens is 306 g/mol. The average molecular weight is 323 g/mol. The van der Waals surface area contributed by atoms with Crippen LogP contribution in [0.5, 0.6) is 5.75 Å². The van der Waals surface area contributed by atoms with Gasteiger partial charge in [-0.1, -0.05) is 17.3 Å². The number of ether oxygens (including phenoxy) is 1. The van der Waals surface area contributed by atoms with Crippen molar-refractivity contribution < 1.29 is 14.1 Å². The molecule has 2 aromatic carbocycles. The van der Waals surface area contributed by atoms with Crippen LogP contribution in [-0.2, 0) is 6.54 Å². The molecule has 0 unspecified atom stereocenters. The maximum absolute atomic E-state index is 11.4. The minimum absolute atomic E-state index is 0.0261. The molecule has 3 aromatic rings. The van der Waals surface area contributed by atoms with Gasteiger partial charge in [0.05, 0.1) is 13.7 Å². The van der Waals surface area contributed by atoms with Gasteiger partial charge in [0, 0.05) is 16.8 Å². The molecule has 0 aliphatic rings. The maximum atomic E-state index is 11.4. The molecule has 0 aliphatic carbocycles. The molecule has 0 atom stereocenters. The monoisotopic (exact) mass is 323 g/mol. The van der Waals surface area contributed by atoms with Crippen molar-refractivity contribution in [3.05, 3.63) is 60.0 Å². The first-order valence-corrected chi connectivity index (χ1v) is 7.47. The maximum Gasteiger partial charge on any atom is 0.246 e. The zero-order chi connectivity index (χ0) is 16.9. The SMILES string of the molecule is COc1ccc(-c2noc(CNc3cccc(C(C)=O)c3)n2)cc1. The lowest BCUT2D eigenvalue weighted by molar-refractivity contribution is 0.101. The number of rotatable bonds is 6. The molecule has 0 spiro atoms. The summed E-state index contributed by atoms with van der Waals surface area (Å²) in [5, 5.41) is 7.15. The quantitative estimate of drug-likeness (QED) is 0.699. The first kappa shape index (κ1) is 15.7. The van der Waals surface area contributed by atoms with E-state index in [1.807, 2.05) is 36.4 Å². The van der Waals surface area contributed by atoms with E-state index in [4.69, 9.17) is 9.26 Å². The highest BCUT2D eigenvalue weighted by molar-refractivity contribution is 5.94. The van der Waals surface area contributed by atoms with Crippen LogP contribution in [0.3, 0.4) is 0 Å². The Morgan fingerprint density at radius 2 is 2.00 bits per heavy atom. The zero-order valence-electron chi connectivity index (χ0n) is 13.4. The van der Waals surface area contributed by atoms with E-state index < -0.39 is 0 Å². The number of aromatic nitrogens is 2. The van der Waals surface area contributed by atoms with Crippen molar-refractivity contribution in [2.75, 3.05) is 12.4 Å². The normalized spacial score (nSPS) is 10.4. The topological polar surface area (TPSA) is 77.3 Å². The second kappa shape index (κ2) is 6.95. The van der Waals surface area contributed by atoms with Gasteiger partial charge in [-0.3, -0.25) is 4.79 Å². The van der Waals surface area contributed by atoms with Gasteiger partial charge in [-0.25, -0.2) is 0 Å². The first-order chi connectivity index (χ1) is 11.7. The van der Waals surface area contributed by atoms with Gasteiger partial charge in [0.15, 0.2) is 5.78 Å². The summed E-state index contributed by atoms with van der Waals surface area (Å²) >= 11 is 0. The van der Waals surface area contributed by atoms with Crippen molar-refractivity contribution >= 4 is 11.5 Å². The summed E-state index contributed by atoms with van der Waals surface area (Å²) in [5.74, 6) is 1.79.